The van der Waals surface area contributed by atoms with E-state index in [2.05, 4.69) is 10.3 Å². The lowest BCUT2D eigenvalue weighted by molar-refractivity contribution is -0.119. The van der Waals surface area contributed by atoms with Gasteiger partial charge in [0.25, 0.3) is 17.7 Å². The number of unbranched alkanes of at least 4 members (excludes halogenated alkanes) is 1. The minimum Gasteiger partial charge on any atom is -0.452 e. The van der Waals surface area contributed by atoms with Crippen LogP contribution in [-0.4, -0.2) is 46.7 Å². The van der Waals surface area contributed by atoms with Gasteiger partial charge in [0.2, 0.25) is 0 Å². The molecule has 2 heterocycles. The third kappa shape index (κ3) is 4.89. The van der Waals surface area contributed by atoms with E-state index in [9.17, 15) is 19.2 Å². The summed E-state index contributed by atoms with van der Waals surface area (Å²) in [5, 5.41) is 5.59. The number of rotatable bonds is 8. The number of imide groups is 1. The highest BCUT2D eigenvalue weighted by molar-refractivity contribution is 7.09. The zero-order valence-electron chi connectivity index (χ0n) is 18.8. The van der Waals surface area contributed by atoms with Gasteiger partial charge in [0.15, 0.2) is 6.61 Å². The van der Waals surface area contributed by atoms with Crippen molar-refractivity contribution in [2.24, 2.45) is 0 Å². The quantitative estimate of drug-likeness (QED) is 0.383. The number of esters is 1. The summed E-state index contributed by atoms with van der Waals surface area (Å²) in [4.78, 5) is 55.4. The van der Waals surface area contributed by atoms with E-state index in [-0.39, 0.29) is 22.6 Å². The third-order valence-corrected chi connectivity index (χ3v) is 6.11. The number of anilines is 1. The molecule has 0 saturated carbocycles. The Hall–Kier alpha value is -3.85. The van der Waals surface area contributed by atoms with Crippen LogP contribution in [0.2, 0.25) is 0 Å². The van der Waals surface area contributed by atoms with Gasteiger partial charge in [0, 0.05) is 23.2 Å². The van der Waals surface area contributed by atoms with Crippen LogP contribution in [0.25, 0.3) is 11.3 Å². The molecule has 174 valence electrons. The number of carbonyl (C=O) groups is 4. The first-order valence-electron chi connectivity index (χ1n) is 10.9. The fourth-order valence-corrected chi connectivity index (χ4v) is 4.22. The summed E-state index contributed by atoms with van der Waals surface area (Å²) < 4.78 is 5.12. The van der Waals surface area contributed by atoms with Crippen molar-refractivity contribution in [3.8, 4) is 11.3 Å². The summed E-state index contributed by atoms with van der Waals surface area (Å²) >= 11 is 1.54. The number of amides is 3. The Morgan fingerprint density at radius 3 is 2.62 bits per heavy atom. The first kappa shape index (κ1) is 23.3. The predicted molar refractivity (Wildman–Crippen MR) is 128 cm³/mol. The fraction of sp³-hybridized carbons (Fsp3) is 0.240. The van der Waals surface area contributed by atoms with Gasteiger partial charge in [-0.25, -0.2) is 9.78 Å². The van der Waals surface area contributed by atoms with Crippen LogP contribution < -0.4 is 5.32 Å². The van der Waals surface area contributed by atoms with E-state index in [0.717, 1.165) is 22.7 Å². The summed E-state index contributed by atoms with van der Waals surface area (Å²) in [6.45, 7) is 3.74. The predicted octanol–water partition coefficient (Wildman–Crippen LogP) is 4.31. The summed E-state index contributed by atoms with van der Waals surface area (Å²) in [6.07, 6.45) is 1.56. The highest BCUT2D eigenvalue weighted by Gasteiger charge is 2.35. The van der Waals surface area contributed by atoms with Crippen LogP contribution in [0.15, 0.2) is 47.8 Å². The van der Waals surface area contributed by atoms with Crippen molar-refractivity contribution < 1.29 is 23.9 Å². The molecule has 2 aromatic carbocycles. The number of thiazole rings is 1. The van der Waals surface area contributed by atoms with Crippen LogP contribution in [0.1, 0.15) is 55.8 Å². The molecule has 3 amide bonds. The second kappa shape index (κ2) is 9.96. The van der Waals surface area contributed by atoms with E-state index in [4.69, 9.17) is 4.74 Å². The van der Waals surface area contributed by atoms with Crippen molar-refractivity contribution in [3.05, 3.63) is 69.5 Å². The smallest absolute Gasteiger partial charge is 0.338 e. The topological polar surface area (TPSA) is 106 Å². The number of aryl methyl sites for hydroxylation is 1. The monoisotopic (exact) mass is 477 g/mol. The van der Waals surface area contributed by atoms with E-state index in [0.29, 0.717) is 18.7 Å². The average molecular weight is 478 g/mol. The molecule has 0 unspecified atom stereocenters. The molecule has 1 aliphatic heterocycles. The van der Waals surface area contributed by atoms with Gasteiger partial charge >= 0.3 is 5.97 Å². The Bertz CT molecular complexity index is 1280. The molecule has 8 nitrogen and oxygen atoms in total. The van der Waals surface area contributed by atoms with Crippen LogP contribution in [0.4, 0.5) is 5.69 Å². The summed E-state index contributed by atoms with van der Waals surface area (Å²) in [6, 6.07) is 11.4. The molecule has 0 atom stereocenters. The number of hydrogen-bond donors (Lipinski definition) is 1. The Kier molecular flexibility index (Phi) is 6.83. The standard InChI is InChI=1S/C25H23N3O5S/c1-3-4-10-28-23(30)19-9-8-17(12-20(19)24(28)31)25(32)33-13-22(29)27-18-7-5-6-16(11-18)21-14-34-15(2)26-21/h5-9,11-12,14H,3-4,10,13H2,1-2H3,(H,27,29). The van der Waals surface area contributed by atoms with Crippen molar-refractivity contribution in [2.45, 2.75) is 26.7 Å². The maximum Gasteiger partial charge on any atom is 0.338 e. The minimum atomic E-state index is -0.753. The maximum atomic E-state index is 12.6. The van der Waals surface area contributed by atoms with Crippen molar-refractivity contribution in [1.82, 2.24) is 9.88 Å². The second-order valence-corrected chi connectivity index (χ2v) is 8.89. The van der Waals surface area contributed by atoms with Crippen LogP contribution in [0.3, 0.4) is 0 Å². The van der Waals surface area contributed by atoms with Crippen LogP contribution >= 0.6 is 11.3 Å². The maximum absolute atomic E-state index is 12.6. The molecule has 0 bridgehead atoms. The number of nitrogens with one attached hydrogen (secondary N) is 1. The Labute approximate surface area is 200 Å². The van der Waals surface area contributed by atoms with Gasteiger partial charge in [-0.15, -0.1) is 11.3 Å². The molecule has 1 N–H and O–H groups in total. The number of ether oxygens (including phenoxy) is 1. The first-order valence-corrected chi connectivity index (χ1v) is 11.7. The zero-order chi connectivity index (χ0) is 24.2. The molecule has 9 heteroatoms. The number of aromatic nitrogens is 1. The van der Waals surface area contributed by atoms with Gasteiger partial charge in [-0.1, -0.05) is 25.5 Å². The van der Waals surface area contributed by atoms with Gasteiger partial charge in [-0.05, 0) is 43.7 Å². The molecule has 0 fully saturated rings. The summed E-state index contributed by atoms with van der Waals surface area (Å²) in [7, 11) is 0. The Balaban J connectivity index is 1.37. The lowest BCUT2D eigenvalue weighted by Gasteiger charge is -2.12. The number of nitrogens with zero attached hydrogens (tertiary/aromatic N) is 2. The van der Waals surface area contributed by atoms with Crippen molar-refractivity contribution >= 4 is 40.7 Å². The fourth-order valence-electron chi connectivity index (χ4n) is 3.60. The number of carbonyl (C=O) groups excluding carboxylic acids is 4. The Morgan fingerprint density at radius 2 is 1.88 bits per heavy atom. The SMILES string of the molecule is CCCCN1C(=O)c2ccc(C(=O)OCC(=O)Nc3cccc(-c4csc(C)n4)c3)cc2C1=O. The number of benzene rings is 2. The van der Waals surface area contributed by atoms with Crippen LogP contribution in [0, 0.1) is 6.92 Å². The molecular formula is C25H23N3O5S. The molecule has 3 aromatic rings. The third-order valence-electron chi connectivity index (χ3n) is 5.34. The van der Waals surface area contributed by atoms with E-state index in [1.165, 1.54) is 23.1 Å². The number of fused-ring (bicyclic) bond motifs is 1. The van der Waals surface area contributed by atoms with Gasteiger partial charge in [-0.3, -0.25) is 19.3 Å². The Morgan fingerprint density at radius 1 is 1.09 bits per heavy atom. The van der Waals surface area contributed by atoms with Crippen molar-refractivity contribution in [1.29, 1.82) is 0 Å². The molecule has 0 spiro atoms. The number of hydrogen-bond acceptors (Lipinski definition) is 7. The second-order valence-electron chi connectivity index (χ2n) is 7.83. The molecule has 34 heavy (non-hydrogen) atoms. The van der Waals surface area contributed by atoms with Crippen LogP contribution in [-0.2, 0) is 9.53 Å². The lowest BCUT2D eigenvalue weighted by Crippen LogP contribution is -2.30. The lowest BCUT2D eigenvalue weighted by atomic mass is 10.1. The zero-order valence-corrected chi connectivity index (χ0v) is 19.6. The minimum absolute atomic E-state index is 0.103. The molecule has 4 rings (SSSR count). The van der Waals surface area contributed by atoms with Gasteiger partial charge in [0.1, 0.15) is 0 Å². The normalized spacial score (nSPS) is 12.6. The highest BCUT2D eigenvalue weighted by Crippen LogP contribution is 2.26. The molecule has 1 aliphatic rings. The van der Waals surface area contributed by atoms with E-state index in [1.54, 1.807) is 29.5 Å². The van der Waals surface area contributed by atoms with Crippen molar-refractivity contribution in [2.75, 3.05) is 18.5 Å². The van der Waals surface area contributed by atoms with E-state index < -0.39 is 24.4 Å². The van der Waals surface area contributed by atoms with E-state index >= 15 is 0 Å². The highest BCUT2D eigenvalue weighted by atomic mass is 32.1. The average Bonchev–Trinajstić information content (AvgIpc) is 3.37. The van der Waals surface area contributed by atoms with Gasteiger partial charge in [-0.2, -0.15) is 0 Å². The molecular weight excluding hydrogens is 454 g/mol. The summed E-state index contributed by atoms with van der Waals surface area (Å²) in [5.74, 6) is -2.03. The van der Waals surface area contributed by atoms with Gasteiger partial charge in [0.05, 0.1) is 27.4 Å². The molecule has 0 radical (unpaired) electrons. The molecule has 1 aromatic heterocycles. The first-order chi connectivity index (χ1) is 16.4. The molecule has 0 aliphatic carbocycles. The summed E-state index contributed by atoms with van der Waals surface area (Å²) in [5.41, 5.74) is 2.79. The van der Waals surface area contributed by atoms with Gasteiger partial charge < -0.3 is 10.1 Å². The van der Waals surface area contributed by atoms with E-state index in [1.807, 2.05) is 25.3 Å². The van der Waals surface area contributed by atoms with Crippen molar-refractivity contribution in [3.63, 3.8) is 0 Å². The largest absolute Gasteiger partial charge is 0.452 e. The van der Waals surface area contributed by atoms with Crippen LogP contribution in [0.5, 0.6) is 0 Å². The molecule has 0 saturated heterocycles.